The van der Waals surface area contributed by atoms with Gasteiger partial charge in [-0.2, -0.15) is 0 Å². The van der Waals surface area contributed by atoms with Crippen LogP contribution in [0.25, 0.3) is 11.6 Å². The maximum Gasteiger partial charge on any atom is 0.336 e. The molecule has 0 aromatic heterocycles. The van der Waals surface area contributed by atoms with Crippen LogP contribution >= 0.6 is 11.6 Å². The number of carboxylic acids is 1. The highest BCUT2D eigenvalue weighted by Gasteiger charge is 2.11. The van der Waals surface area contributed by atoms with Crippen molar-refractivity contribution < 1.29 is 14.6 Å². The molecule has 2 aromatic rings. The number of carboxylic acid groups (broad SMARTS) is 1. The Morgan fingerprint density at radius 2 is 1.95 bits per heavy atom. The van der Waals surface area contributed by atoms with Crippen molar-refractivity contribution in [3.05, 3.63) is 64.7 Å². The van der Waals surface area contributed by atoms with E-state index in [-0.39, 0.29) is 5.57 Å². The SMILES string of the molecule is COc1cccc(/C=C(/C(=O)O)c2cccc(Cl)c2)c1. The summed E-state index contributed by atoms with van der Waals surface area (Å²) in [6, 6.07) is 14.0. The second-order valence-corrected chi connectivity index (χ2v) is 4.59. The summed E-state index contributed by atoms with van der Waals surface area (Å²) in [4.78, 5) is 11.4. The summed E-state index contributed by atoms with van der Waals surface area (Å²) in [6.07, 6.45) is 1.59. The summed E-state index contributed by atoms with van der Waals surface area (Å²) in [7, 11) is 1.57. The molecule has 0 aliphatic heterocycles. The van der Waals surface area contributed by atoms with E-state index in [4.69, 9.17) is 16.3 Å². The average molecular weight is 289 g/mol. The molecule has 0 aliphatic rings. The molecule has 1 N–H and O–H groups in total. The molecule has 0 spiro atoms. The first-order valence-electron chi connectivity index (χ1n) is 5.95. The van der Waals surface area contributed by atoms with E-state index in [9.17, 15) is 9.90 Å². The zero-order chi connectivity index (χ0) is 14.5. The zero-order valence-electron chi connectivity index (χ0n) is 10.8. The number of rotatable bonds is 4. The smallest absolute Gasteiger partial charge is 0.336 e. The maximum absolute atomic E-state index is 11.4. The van der Waals surface area contributed by atoms with E-state index in [1.165, 1.54) is 0 Å². The molecule has 0 saturated carbocycles. The molecule has 0 atom stereocenters. The number of aliphatic carboxylic acids is 1. The van der Waals surface area contributed by atoms with E-state index in [1.54, 1.807) is 49.6 Å². The molecule has 4 heteroatoms. The number of benzene rings is 2. The lowest BCUT2D eigenvalue weighted by Crippen LogP contribution is -1.99. The van der Waals surface area contributed by atoms with Gasteiger partial charge in [-0.15, -0.1) is 0 Å². The fourth-order valence-corrected chi connectivity index (χ4v) is 2.01. The van der Waals surface area contributed by atoms with Gasteiger partial charge in [-0.3, -0.25) is 0 Å². The third kappa shape index (κ3) is 3.39. The van der Waals surface area contributed by atoms with Crippen LogP contribution in [0.15, 0.2) is 48.5 Å². The van der Waals surface area contributed by atoms with E-state index in [0.29, 0.717) is 16.3 Å². The van der Waals surface area contributed by atoms with Gasteiger partial charge in [0.2, 0.25) is 0 Å². The molecule has 0 saturated heterocycles. The van der Waals surface area contributed by atoms with Crippen LogP contribution in [0, 0.1) is 0 Å². The van der Waals surface area contributed by atoms with Gasteiger partial charge in [0.1, 0.15) is 5.75 Å². The van der Waals surface area contributed by atoms with Crippen molar-refractivity contribution in [1.29, 1.82) is 0 Å². The fourth-order valence-electron chi connectivity index (χ4n) is 1.82. The molecule has 2 rings (SSSR count). The third-order valence-electron chi connectivity index (χ3n) is 2.77. The van der Waals surface area contributed by atoms with Crippen LogP contribution < -0.4 is 4.74 Å². The van der Waals surface area contributed by atoms with E-state index < -0.39 is 5.97 Å². The molecule has 0 heterocycles. The van der Waals surface area contributed by atoms with E-state index >= 15 is 0 Å². The zero-order valence-corrected chi connectivity index (χ0v) is 11.6. The van der Waals surface area contributed by atoms with Crippen LogP contribution in [0.5, 0.6) is 5.75 Å². The molecule has 0 unspecified atom stereocenters. The third-order valence-corrected chi connectivity index (χ3v) is 3.01. The Labute approximate surface area is 122 Å². The molecular formula is C16H13ClO3. The predicted octanol–water partition coefficient (Wildman–Crippen LogP) is 3.97. The standard InChI is InChI=1S/C16H13ClO3/c1-20-14-7-2-4-11(8-14)9-15(16(18)19)12-5-3-6-13(17)10-12/h2-10H,1H3,(H,18,19)/b15-9+. The van der Waals surface area contributed by atoms with Gasteiger partial charge in [-0.1, -0.05) is 35.9 Å². The minimum Gasteiger partial charge on any atom is -0.497 e. The van der Waals surface area contributed by atoms with Gasteiger partial charge in [-0.05, 0) is 41.5 Å². The van der Waals surface area contributed by atoms with E-state index in [0.717, 1.165) is 5.56 Å². The van der Waals surface area contributed by atoms with Crippen molar-refractivity contribution in [1.82, 2.24) is 0 Å². The highest BCUT2D eigenvalue weighted by atomic mass is 35.5. The van der Waals surface area contributed by atoms with Gasteiger partial charge < -0.3 is 9.84 Å². The monoisotopic (exact) mass is 288 g/mol. The molecular weight excluding hydrogens is 276 g/mol. The Bertz CT molecular complexity index is 662. The first kappa shape index (κ1) is 14.2. The second-order valence-electron chi connectivity index (χ2n) is 4.15. The Morgan fingerprint density at radius 3 is 2.60 bits per heavy atom. The van der Waals surface area contributed by atoms with Crippen molar-refractivity contribution in [2.24, 2.45) is 0 Å². The number of halogens is 1. The van der Waals surface area contributed by atoms with Gasteiger partial charge >= 0.3 is 5.97 Å². The number of carbonyl (C=O) groups is 1. The minimum absolute atomic E-state index is 0.181. The summed E-state index contributed by atoms with van der Waals surface area (Å²) in [5.74, 6) is -0.329. The molecule has 0 fully saturated rings. The molecule has 0 amide bonds. The lowest BCUT2D eigenvalue weighted by molar-refractivity contribution is -0.130. The number of ether oxygens (including phenoxy) is 1. The minimum atomic E-state index is -1.00. The lowest BCUT2D eigenvalue weighted by atomic mass is 10.0. The maximum atomic E-state index is 11.4. The Hall–Kier alpha value is -2.26. The number of methoxy groups -OCH3 is 1. The molecule has 0 radical (unpaired) electrons. The van der Waals surface area contributed by atoms with Gasteiger partial charge in [0.15, 0.2) is 0 Å². The predicted molar refractivity (Wildman–Crippen MR) is 80.0 cm³/mol. The largest absolute Gasteiger partial charge is 0.497 e. The molecule has 0 bridgehead atoms. The normalized spacial score (nSPS) is 11.2. The van der Waals surface area contributed by atoms with Crippen LogP contribution in [0.2, 0.25) is 5.02 Å². The van der Waals surface area contributed by atoms with Crippen LogP contribution in [-0.2, 0) is 4.79 Å². The molecule has 0 aliphatic carbocycles. The van der Waals surface area contributed by atoms with Gasteiger partial charge in [0.25, 0.3) is 0 Å². The van der Waals surface area contributed by atoms with Crippen molar-refractivity contribution >= 4 is 29.2 Å². The van der Waals surface area contributed by atoms with Crippen LogP contribution in [0.4, 0.5) is 0 Å². The van der Waals surface area contributed by atoms with Gasteiger partial charge in [0.05, 0.1) is 12.7 Å². The van der Waals surface area contributed by atoms with Crippen molar-refractivity contribution in [2.75, 3.05) is 7.11 Å². The summed E-state index contributed by atoms with van der Waals surface area (Å²) in [5.41, 5.74) is 1.50. The highest BCUT2D eigenvalue weighted by Crippen LogP contribution is 2.23. The molecule has 2 aromatic carbocycles. The topological polar surface area (TPSA) is 46.5 Å². The first-order valence-corrected chi connectivity index (χ1v) is 6.33. The van der Waals surface area contributed by atoms with Crippen molar-refractivity contribution in [3.8, 4) is 5.75 Å². The summed E-state index contributed by atoms with van der Waals surface area (Å²) in [5, 5.41) is 9.86. The summed E-state index contributed by atoms with van der Waals surface area (Å²) >= 11 is 5.90. The fraction of sp³-hybridized carbons (Fsp3) is 0.0625. The van der Waals surface area contributed by atoms with Crippen LogP contribution in [0.3, 0.4) is 0 Å². The van der Waals surface area contributed by atoms with Gasteiger partial charge in [-0.25, -0.2) is 4.79 Å². The Morgan fingerprint density at radius 1 is 1.20 bits per heavy atom. The Balaban J connectivity index is 2.47. The first-order chi connectivity index (χ1) is 9.60. The second kappa shape index (κ2) is 6.26. The van der Waals surface area contributed by atoms with Crippen molar-refractivity contribution in [3.63, 3.8) is 0 Å². The van der Waals surface area contributed by atoms with Crippen LogP contribution in [0.1, 0.15) is 11.1 Å². The lowest BCUT2D eigenvalue weighted by Gasteiger charge is -2.05. The molecule has 3 nitrogen and oxygen atoms in total. The molecule has 20 heavy (non-hydrogen) atoms. The van der Waals surface area contributed by atoms with Gasteiger partial charge in [0, 0.05) is 5.02 Å². The van der Waals surface area contributed by atoms with Crippen LogP contribution in [-0.4, -0.2) is 18.2 Å². The average Bonchev–Trinajstić information content (AvgIpc) is 2.44. The van der Waals surface area contributed by atoms with E-state index in [1.807, 2.05) is 12.1 Å². The highest BCUT2D eigenvalue weighted by molar-refractivity contribution is 6.31. The molecule has 102 valence electrons. The summed E-state index contributed by atoms with van der Waals surface area (Å²) in [6.45, 7) is 0. The van der Waals surface area contributed by atoms with Crippen molar-refractivity contribution in [2.45, 2.75) is 0 Å². The quantitative estimate of drug-likeness (QED) is 0.684. The number of hydrogen-bond acceptors (Lipinski definition) is 2. The summed E-state index contributed by atoms with van der Waals surface area (Å²) < 4.78 is 5.12. The van der Waals surface area contributed by atoms with E-state index in [2.05, 4.69) is 0 Å². The Kier molecular flexibility index (Phi) is 4.43. The number of hydrogen-bond donors (Lipinski definition) is 1.